The molecule has 1 atom stereocenters. The van der Waals surface area contributed by atoms with E-state index < -0.39 is 0 Å². The number of rotatable bonds is 4. The Morgan fingerprint density at radius 2 is 2.28 bits per heavy atom. The van der Waals surface area contributed by atoms with Crippen molar-refractivity contribution in [2.24, 2.45) is 5.73 Å². The van der Waals surface area contributed by atoms with Gasteiger partial charge in [-0.3, -0.25) is 9.88 Å². The van der Waals surface area contributed by atoms with Crippen LogP contribution in [0.15, 0.2) is 18.3 Å². The smallest absolute Gasteiger partial charge is 0.0417 e. The molecule has 3 nitrogen and oxygen atoms in total. The van der Waals surface area contributed by atoms with Crippen molar-refractivity contribution in [2.75, 3.05) is 13.1 Å². The number of likely N-dealkylation sites (tertiary alicyclic amines) is 1. The van der Waals surface area contributed by atoms with E-state index >= 15 is 0 Å². The van der Waals surface area contributed by atoms with Gasteiger partial charge in [0.2, 0.25) is 0 Å². The SMILES string of the molecule is Cc1ncccc1CN1CCCCC1CCN.Cl. The molecule has 1 fully saturated rings. The summed E-state index contributed by atoms with van der Waals surface area (Å²) in [6.45, 7) is 5.13. The van der Waals surface area contributed by atoms with Crippen molar-refractivity contribution in [3.63, 3.8) is 0 Å². The van der Waals surface area contributed by atoms with Gasteiger partial charge < -0.3 is 5.73 Å². The van der Waals surface area contributed by atoms with E-state index in [1.165, 1.54) is 31.4 Å². The van der Waals surface area contributed by atoms with E-state index in [0.717, 1.165) is 25.2 Å². The highest BCUT2D eigenvalue weighted by Gasteiger charge is 2.21. The molecule has 0 amide bonds. The highest BCUT2D eigenvalue weighted by Crippen LogP contribution is 2.22. The van der Waals surface area contributed by atoms with Gasteiger partial charge in [-0.1, -0.05) is 12.5 Å². The van der Waals surface area contributed by atoms with Crippen molar-refractivity contribution in [3.05, 3.63) is 29.6 Å². The molecule has 102 valence electrons. The third-order valence-electron chi connectivity index (χ3n) is 3.74. The van der Waals surface area contributed by atoms with Crippen LogP contribution in [0.1, 0.15) is 36.9 Å². The number of piperidine rings is 1. The quantitative estimate of drug-likeness (QED) is 0.913. The molecule has 2 N–H and O–H groups in total. The van der Waals surface area contributed by atoms with Crippen LogP contribution in [0.2, 0.25) is 0 Å². The monoisotopic (exact) mass is 269 g/mol. The van der Waals surface area contributed by atoms with Crippen LogP contribution in [0.5, 0.6) is 0 Å². The lowest BCUT2D eigenvalue weighted by Gasteiger charge is -2.35. The second-order valence-corrected chi connectivity index (χ2v) is 4.95. The van der Waals surface area contributed by atoms with Crippen molar-refractivity contribution in [1.29, 1.82) is 0 Å². The molecule has 0 aromatic carbocycles. The predicted molar refractivity (Wildman–Crippen MR) is 77.9 cm³/mol. The van der Waals surface area contributed by atoms with Crippen LogP contribution in [0.25, 0.3) is 0 Å². The molecule has 1 aliphatic rings. The molecule has 0 saturated carbocycles. The highest BCUT2D eigenvalue weighted by atomic mass is 35.5. The summed E-state index contributed by atoms with van der Waals surface area (Å²) in [6, 6.07) is 4.90. The summed E-state index contributed by atoms with van der Waals surface area (Å²) in [5.74, 6) is 0. The van der Waals surface area contributed by atoms with Crippen LogP contribution < -0.4 is 5.73 Å². The summed E-state index contributed by atoms with van der Waals surface area (Å²) in [4.78, 5) is 6.95. The van der Waals surface area contributed by atoms with Gasteiger partial charge in [-0.2, -0.15) is 0 Å². The van der Waals surface area contributed by atoms with Gasteiger partial charge in [0, 0.05) is 24.5 Å². The van der Waals surface area contributed by atoms with Crippen LogP contribution in [-0.4, -0.2) is 29.0 Å². The van der Waals surface area contributed by atoms with Gasteiger partial charge in [0.15, 0.2) is 0 Å². The molecule has 0 bridgehead atoms. The molecule has 1 aromatic heterocycles. The van der Waals surface area contributed by atoms with E-state index in [-0.39, 0.29) is 12.4 Å². The molecule has 1 unspecified atom stereocenters. The summed E-state index contributed by atoms with van der Waals surface area (Å²) in [7, 11) is 0. The summed E-state index contributed by atoms with van der Waals surface area (Å²) < 4.78 is 0. The number of nitrogens with zero attached hydrogens (tertiary/aromatic N) is 2. The lowest BCUT2D eigenvalue weighted by atomic mass is 9.98. The fourth-order valence-electron chi connectivity index (χ4n) is 2.69. The van der Waals surface area contributed by atoms with Gasteiger partial charge in [0.25, 0.3) is 0 Å². The number of pyridine rings is 1. The summed E-state index contributed by atoms with van der Waals surface area (Å²) in [5.41, 5.74) is 8.22. The van der Waals surface area contributed by atoms with Crippen LogP contribution in [0.4, 0.5) is 0 Å². The molecule has 2 heterocycles. The first-order chi connectivity index (χ1) is 8.31. The summed E-state index contributed by atoms with van der Waals surface area (Å²) in [6.07, 6.45) is 6.97. The normalized spacial score (nSPS) is 20.4. The Labute approximate surface area is 116 Å². The maximum absolute atomic E-state index is 5.71. The molecular formula is C14H24ClN3. The molecule has 1 saturated heterocycles. The van der Waals surface area contributed by atoms with Crippen LogP contribution >= 0.6 is 12.4 Å². The van der Waals surface area contributed by atoms with Crippen molar-refractivity contribution in [1.82, 2.24) is 9.88 Å². The predicted octanol–water partition coefficient (Wildman–Crippen LogP) is 2.52. The molecule has 4 heteroatoms. The van der Waals surface area contributed by atoms with Crippen molar-refractivity contribution < 1.29 is 0 Å². The molecule has 1 aliphatic heterocycles. The molecule has 0 spiro atoms. The number of nitrogens with two attached hydrogens (primary N) is 1. The second-order valence-electron chi connectivity index (χ2n) is 4.95. The Bertz CT molecular complexity index is 355. The number of halogens is 1. The third kappa shape index (κ3) is 3.94. The fourth-order valence-corrected chi connectivity index (χ4v) is 2.69. The Hall–Kier alpha value is -0.640. The Morgan fingerprint density at radius 1 is 1.44 bits per heavy atom. The average Bonchev–Trinajstić information content (AvgIpc) is 2.35. The Kier molecular flexibility index (Phi) is 6.61. The Balaban J connectivity index is 0.00000162. The standard InChI is InChI=1S/C14H23N3.ClH/c1-12-13(5-4-9-16-12)11-17-10-3-2-6-14(17)7-8-15;/h4-5,9,14H,2-3,6-8,10-11,15H2,1H3;1H. The molecule has 2 rings (SSSR count). The van der Waals surface area contributed by atoms with Crippen LogP contribution in [-0.2, 0) is 6.54 Å². The van der Waals surface area contributed by atoms with Crippen molar-refractivity contribution in [2.45, 2.75) is 45.2 Å². The molecular weight excluding hydrogens is 246 g/mol. The zero-order valence-corrected chi connectivity index (χ0v) is 12.0. The minimum absolute atomic E-state index is 0. The van der Waals surface area contributed by atoms with E-state index in [0.29, 0.717) is 6.04 Å². The first-order valence-electron chi connectivity index (χ1n) is 6.66. The van der Waals surface area contributed by atoms with E-state index in [1.54, 1.807) is 0 Å². The third-order valence-corrected chi connectivity index (χ3v) is 3.74. The van der Waals surface area contributed by atoms with E-state index in [2.05, 4.69) is 22.9 Å². The zero-order valence-electron chi connectivity index (χ0n) is 11.1. The largest absolute Gasteiger partial charge is 0.330 e. The zero-order chi connectivity index (χ0) is 12.1. The number of hydrogen-bond acceptors (Lipinski definition) is 3. The van der Waals surface area contributed by atoms with Crippen molar-refractivity contribution in [3.8, 4) is 0 Å². The second kappa shape index (κ2) is 7.72. The molecule has 0 aliphatic carbocycles. The first-order valence-corrected chi connectivity index (χ1v) is 6.66. The minimum Gasteiger partial charge on any atom is -0.330 e. The lowest BCUT2D eigenvalue weighted by molar-refractivity contribution is 0.133. The molecule has 1 aromatic rings. The van der Waals surface area contributed by atoms with Crippen molar-refractivity contribution >= 4 is 12.4 Å². The van der Waals surface area contributed by atoms with Crippen LogP contribution in [0, 0.1) is 6.92 Å². The van der Waals surface area contributed by atoms with Gasteiger partial charge in [-0.15, -0.1) is 12.4 Å². The maximum atomic E-state index is 5.71. The minimum atomic E-state index is 0. The van der Waals surface area contributed by atoms with E-state index in [4.69, 9.17) is 5.73 Å². The van der Waals surface area contributed by atoms with E-state index in [1.807, 2.05) is 12.3 Å². The summed E-state index contributed by atoms with van der Waals surface area (Å²) >= 11 is 0. The number of hydrogen-bond donors (Lipinski definition) is 1. The van der Waals surface area contributed by atoms with E-state index in [9.17, 15) is 0 Å². The van der Waals surface area contributed by atoms with Gasteiger partial charge in [0.05, 0.1) is 0 Å². The number of aryl methyl sites for hydroxylation is 1. The summed E-state index contributed by atoms with van der Waals surface area (Å²) in [5, 5.41) is 0. The molecule has 18 heavy (non-hydrogen) atoms. The van der Waals surface area contributed by atoms with Gasteiger partial charge in [0.1, 0.15) is 0 Å². The lowest BCUT2D eigenvalue weighted by Crippen LogP contribution is -2.40. The Morgan fingerprint density at radius 3 is 3.00 bits per heavy atom. The maximum Gasteiger partial charge on any atom is 0.0417 e. The molecule has 0 radical (unpaired) electrons. The van der Waals surface area contributed by atoms with Gasteiger partial charge >= 0.3 is 0 Å². The average molecular weight is 270 g/mol. The highest BCUT2D eigenvalue weighted by molar-refractivity contribution is 5.85. The van der Waals surface area contributed by atoms with Crippen LogP contribution in [0.3, 0.4) is 0 Å². The topological polar surface area (TPSA) is 42.2 Å². The van der Waals surface area contributed by atoms with Gasteiger partial charge in [-0.05, 0) is 50.9 Å². The van der Waals surface area contributed by atoms with Gasteiger partial charge in [-0.25, -0.2) is 0 Å². The first kappa shape index (κ1) is 15.4. The fraction of sp³-hybridized carbons (Fsp3) is 0.643. The number of aromatic nitrogens is 1.